The average molecular weight is 326 g/mol. The van der Waals surface area contributed by atoms with Crippen molar-refractivity contribution in [3.63, 3.8) is 0 Å². The molecule has 0 fully saturated rings. The molecule has 0 spiro atoms. The second kappa shape index (κ2) is 7.24. The number of hydrogen-bond acceptors (Lipinski definition) is 4. The Labute approximate surface area is 139 Å². The third kappa shape index (κ3) is 4.29. The molecular weight excluding hydrogens is 308 g/mol. The number of furan rings is 1. The molecule has 1 aromatic carbocycles. The molecule has 0 unspecified atom stereocenters. The van der Waals surface area contributed by atoms with Crippen molar-refractivity contribution in [1.82, 2.24) is 10.3 Å². The molecule has 118 valence electrons. The Kier molecular flexibility index (Phi) is 4.88. The van der Waals surface area contributed by atoms with Gasteiger partial charge in [-0.2, -0.15) is 0 Å². The van der Waals surface area contributed by atoms with Crippen molar-refractivity contribution in [2.24, 2.45) is 0 Å². The largest absolute Gasteiger partial charge is 0.461 e. The first kappa shape index (κ1) is 15.5. The monoisotopic (exact) mass is 326 g/mol. The Morgan fingerprint density at radius 2 is 2.04 bits per heavy atom. The highest BCUT2D eigenvalue weighted by atomic mass is 32.1. The van der Waals surface area contributed by atoms with E-state index >= 15 is 0 Å². The normalized spacial score (nSPS) is 10.7. The minimum atomic E-state index is 0.0220. The highest BCUT2D eigenvalue weighted by Gasteiger charge is 2.08. The molecule has 0 bridgehead atoms. The lowest BCUT2D eigenvalue weighted by Gasteiger charge is -2.02. The summed E-state index contributed by atoms with van der Waals surface area (Å²) in [6, 6.07) is 13.8. The summed E-state index contributed by atoms with van der Waals surface area (Å²) in [7, 11) is 0. The molecule has 1 amide bonds. The predicted octanol–water partition coefficient (Wildman–Crippen LogP) is 3.96. The van der Waals surface area contributed by atoms with Crippen molar-refractivity contribution in [2.45, 2.75) is 26.3 Å². The highest BCUT2D eigenvalue weighted by Crippen LogP contribution is 2.22. The smallest absolute Gasteiger partial charge is 0.220 e. The van der Waals surface area contributed by atoms with Gasteiger partial charge in [0.1, 0.15) is 11.5 Å². The van der Waals surface area contributed by atoms with Crippen LogP contribution < -0.4 is 5.32 Å². The van der Waals surface area contributed by atoms with Gasteiger partial charge in [0.05, 0.1) is 11.6 Å². The first-order chi connectivity index (χ1) is 11.2. The van der Waals surface area contributed by atoms with E-state index in [0.717, 1.165) is 27.0 Å². The van der Waals surface area contributed by atoms with Gasteiger partial charge in [0.15, 0.2) is 0 Å². The molecule has 23 heavy (non-hydrogen) atoms. The SMILES string of the molecule is Cc1ncc(CNC(=O)CCc2ccc(-c3ccccc3)o2)s1. The van der Waals surface area contributed by atoms with E-state index in [1.54, 1.807) is 17.5 Å². The van der Waals surface area contributed by atoms with Gasteiger partial charge in [0.2, 0.25) is 5.91 Å². The summed E-state index contributed by atoms with van der Waals surface area (Å²) < 4.78 is 5.80. The zero-order valence-corrected chi connectivity index (χ0v) is 13.7. The summed E-state index contributed by atoms with van der Waals surface area (Å²) in [5.74, 6) is 1.68. The van der Waals surface area contributed by atoms with Crippen molar-refractivity contribution in [1.29, 1.82) is 0 Å². The van der Waals surface area contributed by atoms with E-state index in [9.17, 15) is 4.79 Å². The van der Waals surface area contributed by atoms with E-state index in [1.807, 2.05) is 49.4 Å². The molecule has 3 rings (SSSR count). The number of nitrogens with zero attached hydrogens (tertiary/aromatic N) is 1. The second-order valence-electron chi connectivity index (χ2n) is 5.25. The van der Waals surface area contributed by atoms with Crippen LogP contribution in [0.15, 0.2) is 53.1 Å². The fourth-order valence-electron chi connectivity index (χ4n) is 2.27. The molecule has 2 heterocycles. The van der Waals surface area contributed by atoms with Gasteiger partial charge in [0.25, 0.3) is 0 Å². The minimum Gasteiger partial charge on any atom is -0.461 e. The van der Waals surface area contributed by atoms with Gasteiger partial charge in [-0.3, -0.25) is 4.79 Å². The third-order valence-corrected chi connectivity index (χ3v) is 4.36. The number of amides is 1. The van der Waals surface area contributed by atoms with Crippen LogP contribution in [0.1, 0.15) is 22.1 Å². The molecule has 3 aromatic rings. The zero-order valence-electron chi connectivity index (χ0n) is 12.9. The summed E-state index contributed by atoms with van der Waals surface area (Å²) in [4.78, 5) is 17.1. The summed E-state index contributed by atoms with van der Waals surface area (Å²) in [6.45, 7) is 2.50. The lowest BCUT2D eigenvalue weighted by molar-refractivity contribution is -0.121. The minimum absolute atomic E-state index is 0.0220. The van der Waals surface area contributed by atoms with Crippen LogP contribution in [0.2, 0.25) is 0 Å². The van der Waals surface area contributed by atoms with Crippen LogP contribution >= 0.6 is 11.3 Å². The molecule has 0 aliphatic rings. The van der Waals surface area contributed by atoms with Gasteiger partial charge in [0, 0.05) is 29.5 Å². The molecule has 1 N–H and O–H groups in total. The fourth-order valence-corrected chi connectivity index (χ4v) is 3.00. The first-order valence-electron chi connectivity index (χ1n) is 7.53. The van der Waals surface area contributed by atoms with Gasteiger partial charge in [-0.25, -0.2) is 4.98 Å². The molecule has 2 aromatic heterocycles. The topological polar surface area (TPSA) is 55.1 Å². The first-order valence-corrected chi connectivity index (χ1v) is 8.34. The average Bonchev–Trinajstić information content (AvgIpc) is 3.21. The van der Waals surface area contributed by atoms with Crippen molar-refractivity contribution >= 4 is 17.2 Å². The van der Waals surface area contributed by atoms with E-state index in [0.29, 0.717) is 19.4 Å². The standard InChI is InChI=1S/C18H18N2O2S/c1-13-19-11-16(23-13)12-20-18(21)10-8-15-7-9-17(22-15)14-5-3-2-4-6-14/h2-7,9,11H,8,10,12H2,1H3,(H,20,21). The molecule has 0 aliphatic carbocycles. The van der Waals surface area contributed by atoms with Crippen LogP contribution in [-0.2, 0) is 17.8 Å². The van der Waals surface area contributed by atoms with Gasteiger partial charge >= 0.3 is 0 Å². The third-order valence-electron chi connectivity index (χ3n) is 3.45. The van der Waals surface area contributed by atoms with E-state index in [-0.39, 0.29) is 5.91 Å². The molecule has 0 saturated carbocycles. The van der Waals surface area contributed by atoms with Gasteiger partial charge in [-0.1, -0.05) is 30.3 Å². The Hall–Kier alpha value is -2.40. The van der Waals surface area contributed by atoms with Crippen LogP contribution in [0.4, 0.5) is 0 Å². The maximum atomic E-state index is 11.9. The maximum Gasteiger partial charge on any atom is 0.220 e. The quantitative estimate of drug-likeness (QED) is 0.746. The summed E-state index contributed by atoms with van der Waals surface area (Å²) >= 11 is 1.60. The van der Waals surface area contributed by atoms with E-state index < -0.39 is 0 Å². The number of benzene rings is 1. The number of nitrogens with one attached hydrogen (secondary N) is 1. The Morgan fingerprint density at radius 3 is 2.78 bits per heavy atom. The number of aromatic nitrogens is 1. The molecule has 4 nitrogen and oxygen atoms in total. The number of carbonyl (C=O) groups is 1. The fraction of sp³-hybridized carbons (Fsp3) is 0.222. The highest BCUT2D eigenvalue weighted by molar-refractivity contribution is 7.11. The molecular formula is C18H18N2O2S. The zero-order chi connectivity index (χ0) is 16.1. The van der Waals surface area contributed by atoms with E-state index in [4.69, 9.17) is 4.42 Å². The molecule has 5 heteroatoms. The number of hydrogen-bond donors (Lipinski definition) is 1. The van der Waals surface area contributed by atoms with Crippen LogP contribution in [0.3, 0.4) is 0 Å². The summed E-state index contributed by atoms with van der Waals surface area (Å²) in [6.07, 6.45) is 2.82. The maximum absolute atomic E-state index is 11.9. The molecule has 0 aliphatic heterocycles. The van der Waals surface area contributed by atoms with Crippen molar-refractivity contribution in [3.05, 3.63) is 64.3 Å². The molecule has 0 atom stereocenters. The number of aryl methyl sites for hydroxylation is 2. The Balaban J connectivity index is 1.48. The number of thiazole rings is 1. The second-order valence-corrected chi connectivity index (χ2v) is 6.57. The van der Waals surface area contributed by atoms with E-state index in [2.05, 4.69) is 10.3 Å². The Morgan fingerprint density at radius 1 is 1.22 bits per heavy atom. The predicted molar refractivity (Wildman–Crippen MR) is 91.2 cm³/mol. The van der Waals surface area contributed by atoms with Crippen LogP contribution in [0, 0.1) is 6.92 Å². The van der Waals surface area contributed by atoms with Crippen LogP contribution in [-0.4, -0.2) is 10.9 Å². The number of rotatable bonds is 6. The molecule has 0 saturated heterocycles. The van der Waals surface area contributed by atoms with Crippen molar-refractivity contribution in [2.75, 3.05) is 0 Å². The lowest BCUT2D eigenvalue weighted by Crippen LogP contribution is -2.22. The van der Waals surface area contributed by atoms with Crippen LogP contribution in [0.25, 0.3) is 11.3 Å². The molecule has 0 radical (unpaired) electrons. The number of carbonyl (C=O) groups excluding carboxylic acids is 1. The van der Waals surface area contributed by atoms with Gasteiger partial charge < -0.3 is 9.73 Å². The summed E-state index contributed by atoms with van der Waals surface area (Å²) in [5.41, 5.74) is 1.05. The van der Waals surface area contributed by atoms with Crippen LogP contribution in [0.5, 0.6) is 0 Å². The van der Waals surface area contributed by atoms with E-state index in [1.165, 1.54) is 0 Å². The van der Waals surface area contributed by atoms with Crippen molar-refractivity contribution < 1.29 is 9.21 Å². The van der Waals surface area contributed by atoms with Gasteiger partial charge in [-0.05, 0) is 19.1 Å². The van der Waals surface area contributed by atoms with Gasteiger partial charge in [-0.15, -0.1) is 11.3 Å². The lowest BCUT2D eigenvalue weighted by atomic mass is 10.2. The van der Waals surface area contributed by atoms with Crippen molar-refractivity contribution in [3.8, 4) is 11.3 Å². The Bertz CT molecular complexity index is 777. The summed E-state index contributed by atoms with van der Waals surface area (Å²) in [5, 5.41) is 3.92.